The molecule has 1 saturated carbocycles. The number of carbonyl (C=O) groups is 3. The summed E-state index contributed by atoms with van der Waals surface area (Å²) in [7, 11) is 0. The molecule has 30 heavy (non-hydrogen) atoms. The highest BCUT2D eigenvalue weighted by atomic mass is 16.5. The van der Waals surface area contributed by atoms with Crippen molar-refractivity contribution >= 4 is 17.6 Å². The Morgan fingerprint density at radius 1 is 1.00 bits per heavy atom. The quantitative estimate of drug-likeness (QED) is 0.561. The monoisotopic (exact) mass is 407 g/mol. The topological polar surface area (TPSA) is 83.9 Å². The van der Waals surface area contributed by atoms with Crippen LogP contribution in [0.25, 0.3) is 0 Å². The zero-order chi connectivity index (χ0) is 21.1. The van der Waals surface area contributed by atoms with Crippen molar-refractivity contribution in [3.05, 3.63) is 65.2 Å². The van der Waals surface area contributed by atoms with Gasteiger partial charge in [-0.15, -0.1) is 0 Å². The van der Waals surface area contributed by atoms with Gasteiger partial charge in [0.1, 0.15) is 5.75 Å². The molecule has 2 atom stereocenters. The van der Waals surface area contributed by atoms with E-state index in [1.165, 1.54) is 0 Å². The highest BCUT2D eigenvalue weighted by molar-refractivity contribution is 6.21. The lowest BCUT2D eigenvalue weighted by molar-refractivity contribution is 0.0421. The Morgan fingerprint density at radius 3 is 2.40 bits per heavy atom. The van der Waals surface area contributed by atoms with Crippen LogP contribution >= 0.6 is 0 Å². The largest absolute Gasteiger partial charge is 0.493 e. The summed E-state index contributed by atoms with van der Waals surface area (Å²) in [6.07, 6.45) is 3.62. The molecule has 2 aliphatic rings. The van der Waals surface area contributed by atoms with Crippen molar-refractivity contribution in [1.29, 1.82) is 0 Å². The number of fused-ring (bicyclic) bond motifs is 1. The molecular formula is C24H25NO5. The SMILES string of the molecule is O=C(CCN1C(=O)c2ccccc2C1=O)c1cccc(OCC2CCCCC2O)c1. The lowest BCUT2D eigenvalue weighted by Crippen LogP contribution is -2.31. The molecular weight excluding hydrogens is 382 g/mol. The number of benzene rings is 2. The van der Waals surface area contributed by atoms with Crippen molar-refractivity contribution < 1.29 is 24.2 Å². The summed E-state index contributed by atoms with van der Waals surface area (Å²) in [6.45, 7) is 0.471. The van der Waals surface area contributed by atoms with Gasteiger partial charge in [0.25, 0.3) is 11.8 Å². The first-order chi connectivity index (χ1) is 14.5. The minimum Gasteiger partial charge on any atom is -0.493 e. The molecule has 1 aliphatic carbocycles. The molecule has 2 aromatic carbocycles. The van der Waals surface area contributed by atoms with E-state index < -0.39 is 0 Å². The fourth-order valence-electron chi connectivity index (χ4n) is 4.14. The number of ketones is 1. The summed E-state index contributed by atoms with van der Waals surface area (Å²) in [5.74, 6) is -0.168. The van der Waals surface area contributed by atoms with Crippen molar-refractivity contribution in [3.63, 3.8) is 0 Å². The molecule has 0 spiro atoms. The molecule has 0 aromatic heterocycles. The van der Waals surface area contributed by atoms with Crippen molar-refractivity contribution in [1.82, 2.24) is 4.90 Å². The van der Waals surface area contributed by atoms with Crippen molar-refractivity contribution in [2.45, 2.75) is 38.2 Å². The Morgan fingerprint density at radius 2 is 1.70 bits per heavy atom. The highest BCUT2D eigenvalue weighted by Gasteiger charge is 2.35. The van der Waals surface area contributed by atoms with Crippen LogP contribution < -0.4 is 4.74 Å². The van der Waals surface area contributed by atoms with Gasteiger partial charge in [-0.25, -0.2) is 0 Å². The summed E-state index contributed by atoms with van der Waals surface area (Å²) in [5, 5.41) is 10.1. The van der Waals surface area contributed by atoms with Crippen LogP contribution in [0.15, 0.2) is 48.5 Å². The van der Waals surface area contributed by atoms with E-state index in [0.717, 1.165) is 30.6 Å². The molecule has 2 unspecified atom stereocenters. The van der Waals surface area contributed by atoms with Gasteiger partial charge in [-0.2, -0.15) is 0 Å². The predicted molar refractivity (Wildman–Crippen MR) is 111 cm³/mol. The molecule has 6 heteroatoms. The van der Waals surface area contributed by atoms with Gasteiger partial charge in [0.2, 0.25) is 0 Å². The first-order valence-corrected chi connectivity index (χ1v) is 10.4. The zero-order valence-corrected chi connectivity index (χ0v) is 16.8. The molecule has 2 aromatic rings. The number of carbonyl (C=O) groups excluding carboxylic acids is 3. The van der Waals surface area contributed by atoms with Gasteiger partial charge in [-0.1, -0.05) is 37.1 Å². The van der Waals surface area contributed by atoms with E-state index in [9.17, 15) is 19.5 Å². The van der Waals surface area contributed by atoms with E-state index in [-0.39, 0.29) is 42.6 Å². The van der Waals surface area contributed by atoms with E-state index in [4.69, 9.17) is 4.74 Å². The molecule has 2 amide bonds. The molecule has 6 nitrogen and oxygen atoms in total. The van der Waals surface area contributed by atoms with Gasteiger partial charge in [0, 0.05) is 24.4 Å². The fourth-order valence-corrected chi connectivity index (χ4v) is 4.14. The Kier molecular flexibility index (Phi) is 5.95. The number of aliphatic hydroxyl groups excluding tert-OH is 1. The highest BCUT2D eigenvalue weighted by Crippen LogP contribution is 2.26. The number of rotatable bonds is 7. The predicted octanol–water partition coefficient (Wildman–Crippen LogP) is 3.49. The van der Waals surface area contributed by atoms with Gasteiger partial charge in [-0.05, 0) is 37.1 Å². The maximum atomic E-state index is 12.7. The third-order valence-electron chi connectivity index (χ3n) is 5.93. The van der Waals surface area contributed by atoms with Crippen molar-refractivity contribution in [3.8, 4) is 5.75 Å². The Hall–Kier alpha value is -2.99. The van der Waals surface area contributed by atoms with E-state index in [1.807, 2.05) is 0 Å². The first-order valence-electron chi connectivity index (χ1n) is 10.4. The zero-order valence-electron chi connectivity index (χ0n) is 16.8. The number of aliphatic hydroxyl groups is 1. The third-order valence-corrected chi connectivity index (χ3v) is 5.93. The maximum absolute atomic E-state index is 12.7. The Bertz CT molecular complexity index is 935. The second-order valence-corrected chi connectivity index (χ2v) is 7.93. The first kappa shape index (κ1) is 20.3. The third kappa shape index (κ3) is 4.14. The minimum absolute atomic E-state index is 0.0462. The van der Waals surface area contributed by atoms with Crippen molar-refractivity contribution in [2.24, 2.45) is 5.92 Å². The number of amides is 2. The average Bonchev–Trinajstić information content (AvgIpc) is 3.02. The van der Waals surface area contributed by atoms with E-state index in [0.29, 0.717) is 29.0 Å². The lowest BCUT2D eigenvalue weighted by atomic mass is 9.87. The molecule has 1 N–H and O–H groups in total. The molecule has 4 rings (SSSR count). The fraction of sp³-hybridized carbons (Fsp3) is 0.375. The molecule has 0 saturated heterocycles. The van der Waals surface area contributed by atoms with Crippen LogP contribution in [0.1, 0.15) is 63.2 Å². The summed E-state index contributed by atoms with van der Waals surface area (Å²) in [4.78, 5) is 38.6. The number of Topliss-reactive ketones (excluding diaryl/α,β-unsaturated/α-hetero) is 1. The second kappa shape index (κ2) is 8.79. The maximum Gasteiger partial charge on any atom is 0.261 e. The van der Waals surface area contributed by atoms with Crippen LogP contribution in [0.2, 0.25) is 0 Å². The molecule has 1 fully saturated rings. The second-order valence-electron chi connectivity index (χ2n) is 7.93. The molecule has 1 aliphatic heterocycles. The van der Waals surface area contributed by atoms with Crippen molar-refractivity contribution in [2.75, 3.05) is 13.2 Å². The summed E-state index contributed by atoms with van der Waals surface area (Å²) < 4.78 is 5.83. The standard InChI is InChI=1S/C24H25NO5/c26-21-11-4-1-6-17(21)15-30-18-8-5-7-16(14-18)22(27)12-13-25-23(28)19-9-2-3-10-20(19)24(25)29/h2-3,5,7-10,14,17,21,26H,1,4,6,11-13,15H2. The number of imide groups is 1. The number of ether oxygens (including phenoxy) is 1. The number of hydrogen-bond acceptors (Lipinski definition) is 5. The average molecular weight is 407 g/mol. The normalized spacial score (nSPS) is 20.9. The van der Waals surface area contributed by atoms with Crippen LogP contribution in [0.4, 0.5) is 0 Å². The molecule has 156 valence electrons. The van der Waals surface area contributed by atoms with Crippen LogP contribution in [0, 0.1) is 5.92 Å². The lowest BCUT2D eigenvalue weighted by Gasteiger charge is -2.27. The van der Waals surface area contributed by atoms with Gasteiger partial charge in [-0.3, -0.25) is 19.3 Å². The van der Waals surface area contributed by atoms with Crippen LogP contribution in [-0.4, -0.2) is 46.9 Å². The minimum atomic E-state index is -0.355. The number of nitrogens with zero attached hydrogens (tertiary/aromatic N) is 1. The van der Waals surface area contributed by atoms with Crippen LogP contribution in [0.3, 0.4) is 0 Å². The van der Waals surface area contributed by atoms with E-state index >= 15 is 0 Å². The van der Waals surface area contributed by atoms with Gasteiger partial charge in [0.15, 0.2) is 5.78 Å². The summed E-state index contributed by atoms with van der Waals surface area (Å²) >= 11 is 0. The molecule has 0 radical (unpaired) electrons. The molecule has 1 heterocycles. The Labute approximate surface area is 175 Å². The van der Waals surface area contributed by atoms with E-state index in [1.54, 1.807) is 48.5 Å². The van der Waals surface area contributed by atoms with Gasteiger partial charge >= 0.3 is 0 Å². The summed E-state index contributed by atoms with van der Waals surface area (Å²) in [6, 6.07) is 13.6. The summed E-state index contributed by atoms with van der Waals surface area (Å²) in [5.41, 5.74) is 1.25. The van der Waals surface area contributed by atoms with Crippen LogP contribution in [0.5, 0.6) is 5.75 Å². The van der Waals surface area contributed by atoms with Gasteiger partial charge in [0.05, 0.1) is 23.8 Å². The smallest absolute Gasteiger partial charge is 0.261 e. The van der Waals surface area contributed by atoms with Crippen LogP contribution in [-0.2, 0) is 0 Å². The van der Waals surface area contributed by atoms with Gasteiger partial charge < -0.3 is 9.84 Å². The molecule has 0 bridgehead atoms. The number of hydrogen-bond donors (Lipinski definition) is 1. The van der Waals surface area contributed by atoms with E-state index in [2.05, 4.69) is 0 Å². The Balaban J connectivity index is 1.35.